The van der Waals surface area contributed by atoms with Gasteiger partial charge >= 0.3 is 5.63 Å². The van der Waals surface area contributed by atoms with E-state index in [1.807, 2.05) is 88.4 Å². The van der Waals surface area contributed by atoms with Crippen LogP contribution in [0, 0.1) is 0 Å². The first-order chi connectivity index (χ1) is 12.5. The Kier molecular flexibility index (Phi) is 7.06. The minimum Gasteiger partial charge on any atom is -0.422 e. The van der Waals surface area contributed by atoms with Gasteiger partial charge in [0.05, 0.1) is 15.8 Å². The summed E-state index contributed by atoms with van der Waals surface area (Å²) in [5, 5.41) is 1.60. The molecule has 5 heteroatoms. The molecule has 0 N–H and O–H groups in total. The maximum atomic E-state index is 12.1. The van der Waals surface area contributed by atoms with Crippen molar-refractivity contribution in [3.05, 3.63) is 65.0 Å². The normalized spacial score (nSPS) is 10.2. The molecule has 0 fully saturated rings. The molecule has 2 heterocycles. The van der Waals surface area contributed by atoms with Crippen LogP contribution in [0.15, 0.2) is 63.8 Å². The van der Waals surface area contributed by atoms with Crippen molar-refractivity contribution in [3.8, 4) is 10.6 Å². The highest BCUT2D eigenvalue weighted by atomic mass is 32.1. The van der Waals surface area contributed by atoms with Crippen LogP contribution in [0.1, 0.15) is 13.8 Å². The first-order valence-electron chi connectivity index (χ1n) is 8.54. The molecule has 4 rings (SSSR count). The lowest BCUT2D eigenvalue weighted by Crippen LogP contribution is -2.02. The largest absolute Gasteiger partial charge is 0.422 e. The Balaban J connectivity index is 0.000000361. The van der Waals surface area contributed by atoms with Crippen molar-refractivity contribution < 1.29 is 4.42 Å². The van der Waals surface area contributed by atoms with E-state index in [1.165, 1.54) is 11.3 Å². The number of aromatic nitrogens is 1. The van der Waals surface area contributed by atoms with Gasteiger partial charge in [0, 0.05) is 5.39 Å². The van der Waals surface area contributed by atoms with Gasteiger partial charge < -0.3 is 9.32 Å². The Bertz CT molecular complexity index is 999. The van der Waals surface area contributed by atoms with Gasteiger partial charge in [0.15, 0.2) is 0 Å². The quantitative estimate of drug-likeness (QED) is 0.429. The van der Waals surface area contributed by atoms with E-state index in [4.69, 9.17) is 4.42 Å². The molecule has 2 aromatic heterocycles. The average molecular weight is 369 g/mol. The molecule has 0 atom stereocenters. The Hall–Kier alpha value is -2.50. The zero-order valence-corrected chi connectivity index (χ0v) is 16.6. The van der Waals surface area contributed by atoms with E-state index in [1.54, 1.807) is 6.07 Å². The number of hydrogen-bond acceptors (Lipinski definition) is 5. The van der Waals surface area contributed by atoms with Gasteiger partial charge in [0.1, 0.15) is 10.6 Å². The fourth-order valence-electron chi connectivity index (χ4n) is 2.20. The first kappa shape index (κ1) is 19.8. The fraction of sp³-hybridized carbons (Fsp3) is 0.238. The molecule has 4 nitrogen and oxygen atoms in total. The summed E-state index contributed by atoms with van der Waals surface area (Å²) in [5.74, 6) is 0. The summed E-state index contributed by atoms with van der Waals surface area (Å²) in [6.07, 6.45) is 0. The van der Waals surface area contributed by atoms with Gasteiger partial charge in [-0.25, -0.2) is 9.78 Å². The van der Waals surface area contributed by atoms with Crippen LogP contribution in [0.3, 0.4) is 0 Å². The van der Waals surface area contributed by atoms with E-state index < -0.39 is 0 Å². The second-order valence-corrected chi connectivity index (χ2v) is 6.84. The van der Waals surface area contributed by atoms with Crippen LogP contribution in [0.4, 0.5) is 0 Å². The zero-order chi connectivity index (χ0) is 19.1. The maximum absolute atomic E-state index is 12.1. The lowest BCUT2D eigenvalue weighted by atomic mass is 10.2. The van der Waals surface area contributed by atoms with Crippen LogP contribution in [-0.4, -0.2) is 31.0 Å². The summed E-state index contributed by atoms with van der Waals surface area (Å²) < 4.78 is 6.42. The van der Waals surface area contributed by atoms with Gasteiger partial charge in [0.25, 0.3) is 0 Å². The summed E-state index contributed by atoms with van der Waals surface area (Å²) >= 11 is 1.50. The number of para-hydroxylation sites is 2. The Morgan fingerprint density at radius 3 is 2.27 bits per heavy atom. The highest BCUT2D eigenvalue weighted by Gasteiger charge is 2.12. The average Bonchev–Trinajstić information content (AvgIpc) is 3.06. The van der Waals surface area contributed by atoms with Gasteiger partial charge in [0.2, 0.25) is 0 Å². The van der Waals surface area contributed by atoms with Gasteiger partial charge in [-0.1, -0.05) is 44.2 Å². The van der Waals surface area contributed by atoms with Crippen LogP contribution < -0.4 is 5.63 Å². The van der Waals surface area contributed by atoms with Crippen molar-refractivity contribution in [2.75, 3.05) is 21.1 Å². The molecule has 0 spiro atoms. The molecule has 0 aliphatic rings. The third-order valence-electron chi connectivity index (χ3n) is 3.17. The predicted octanol–water partition coefficient (Wildman–Crippen LogP) is 5.27. The van der Waals surface area contributed by atoms with Gasteiger partial charge in [-0.05, 0) is 45.4 Å². The van der Waals surface area contributed by atoms with Crippen molar-refractivity contribution in [2.24, 2.45) is 0 Å². The van der Waals surface area contributed by atoms with Crippen molar-refractivity contribution in [2.45, 2.75) is 13.8 Å². The van der Waals surface area contributed by atoms with Gasteiger partial charge in [-0.2, -0.15) is 0 Å². The number of hydrogen-bond donors (Lipinski definition) is 0. The molecule has 0 saturated heterocycles. The monoisotopic (exact) mass is 368 g/mol. The summed E-state index contributed by atoms with van der Waals surface area (Å²) in [5.41, 5.74) is 1.68. The Morgan fingerprint density at radius 1 is 0.962 bits per heavy atom. The molecule has 136 valence electrons. The molecular formula is C21H24N2O2S. The van der Waals surface area contributed by atoms with E-state index in [0.29, 0.717) is 16.2 Å². The van der Waals surface area contributed by atoms with Crippen LogP contribution >= 0.6 is 11.3 Å². The molecule has 0 aliphatic heterocycles. The van der Waals surface area contributed by atoms with Gasteiger partial charge in [-0.3, -0.25) is 0 Å². The van der Waals surface area contributed by atoms with Crippen molar-refractivity contribution in [1.82, 2.24) is 9.88 Å². The molecule has 2 aromatic carbocycles. The minimum atomic E-state index is -0.345. The number of thiazole rings is 1. The molecule has 0 amide bonds. The predicted molar refractivity (Wildman–Crippen MR) is 112 cm³/mol. The highest BCUT2D eigenvalue weighted by molar-refractivity contribution is 7.21. The molecule has 4 aromatic rings. The van der Waals surface area contributed by atoms with E-state index in [-0.39, 0.29) is 5.63 Å². The van der Waals surface area contributed by atoms with Crippen molar-refractivity contribution >= 4 is 32.5 Å². The summed E-state index contributed by atoms with van der Waals surface area (Å²) in [6, 6.07) is 17.2. The molecule has 0 bridgehead atoms. The van der Waals surface area contributed by atoms with E-state index in [2.05, 4.69) is 4.98 Å². The van der Waals surface area contributed by atoms with Crippen molar-refractivity contribution in [1.29, 1.82) is 0 Å². The second kappa shape index (κ2) is 9.27. The molecule has 0 unspecified atom stereocenters. The summed E-state index contributed by atoms with van der Waals surface area (Å²) in [4.78, 5) is 18.6. The zero-order valence-electron chi connectivity index (χ0n) is 15.8. The smallest absolute Gasteiger partial charge is 0.346 e. The second-order valence-electron chi connectivity index (χ2n) is 5.81. The minimum absolute atomic E-state index is 0.345. The Labute approximate surface area is 157 Å². The lowest BCUT2D eigenvalue weighted by molar-refractivity contribution is 0.505. The Morgan fingerprint density at radius 2 is 1.58 bits per heavy atom. The maximum Gasteiger partial charge on any atom is 0.346 e. The number of rotatable bonds is 1. The van der Waals surface area contributed by atoms with Crippen LogP contribution in [0.25, 0.3) is 31.8 Å². The number of benzene rings is 2. The summed E-state index contributed by atoms with van der Waals surface area (Å²) in [6.45, 7) is 4.00. The first-order valence-corrected chi connectivity index (χ1v) is 9.36. The van der Waals surface area contributed by atoms with E-state index >= 15 is 0 Å². The molecular weight excluding hydrogens is 344 g/mol. The van der Waals surface area contributed by atoms with Crippen molar-refractivity contribution in [3.63, 3.8) is 0 Å². The SMILES string of the molecule is CC.CN(C)C.O=c1oc2ccccc2cc1-c1nc2ccccc2s1. The molecule has 0 radical (unpaired) electrons. The summed E-state index contributed by atoms with van der Waals surface area (Å²) in [7, 11) is 6.00. The number of nitrogens with zero attached hydrogens (tertiary/aromatic N) is 2. The topological polar surface area (TPSA) is 46.3 Å². The molecule has 0 aliphatic carbocycles. The van der Waals surface area contributed by atoms with Crippen LogP contribution in [-0.2, 0) is 0 Å². The fourth-order valence-corrected chi connectivity index (χ4v) is 3.17. The third-order valence-corrected chi connectivity index (χ3v) is 4.24. The lowest BCUT2D eigenvalue weighted by Gasteiger charge is -1.98. The van der Waals surface area contributed by atoms with E-state index in [9.17, 15) is 4.79 Å². The standard InChI is InChI=1S/C16H9NO2S.C3H9N.C2H6/c18-16-11(9-10-5-1-3-7-13(10)19-16)15-17-12-6-2-4-8-14(12)20-15;1-4(2)3;1-2/h1-9H;1-3H3;1-2H3. The van der Waals surface area contributed by atoms with Crippen LogP contribution in [0.5, 0.6) is 0 Å². The van der Waals surface area contributed by atoms with Gasteiger partial charge in [-0.15, -0.1) is 11.3 Å². The molecule has 0 saturated carbocycles. The van der Waals surface area contributed by atoms with Crippen LogP contribution in [0.2, 0.25) is 0 Å². The molecule has 26 heavy (non-hydrogen) atoms. The number of fused-ring (bicyclic) bond motifs is 2. The third kappa shape index (κ3) is 4.77. The van der Waals surface area contributed by atoms with E-state index in [0.717, 1.165) is 15.6 Å². The highest BCUT2D eigenvalue weighted by Crippen LogP contribution is 2.29.